The number of ether oxygens (including phenoxy) is 2. The molecule has 0 amide bonds. The maximum Gasteiger partial charge on any atom is 0.194 e. The van der Waals surface area contributed by atoms with E-state index < -0.39 is 11.9 Å². The van der Waals surface area contributed by atoms with Gasteiger partial charge in [0, 0.05) is 0 Å². The highest BCUT2D eigenvalue weighted by Crippen LogP contribution is 2.30. The second-order valence-electron chi connectivity index (χ2n) is 2.79. The smallest absolute Gasteiger partial charge is 0.194 e. The number of fused-ring (bicyclic) bond motifs is 2. The SMILES string of the molecule is C=C[C@]1(O)C=C[C@H]2CO[C@@H]1O2. The molecule has 2 rings (SSSR count). The highest BCUT2D eigenvalue weighted by molar-refractivity contribution is 5.19. The molecule has 3 heteroatoms. The van der Waals surface area contributed by atoms with Gasteiger partial charge in [0.1, 0.15) is 6.10 Å². The first-order chi connectivity index (χ1) is 5.24. The first-order valence-corrected chi connectivity index (χ1v) is 3.57. The maximum absolute atomic E-state index is 9.71. The molecule has 0 aromatic heterocycles. The Kier molecular flexibility index (Phi) is 1.39. The molecule has 2 aliphatic rings. The van der Waals surface area contributed by atoms with Gasteiger partial charge in [-0.3, -0.25) is 0 Å². The summed E-state index contributed by atoms with van der Waals surface area (Å²) in [4.78, 5) is 0. The number of hydrogen-bond acceptors (Lipinski definition) is 3. The third-order valence-corrected chi connectivity index (χ3v) is 1.99. The van der Waals surface area contributed by atoms with Crippen LogP contribution in [0.2, 0.25) is 0 Å². The van der Waals surface area contributed by atoms with Crippen LogP contribution in [0.3, 0.4) is 0 Å². The Hall–Kier alpha value is -0.640. The van der Waals surface area contributed by atoms with Crippen LogP contribution in [0.5, 0.6) is 0 Å². The van der Waals surface area contributed by atoms with Gasteiger partial charge in [-0.1, -0.05) is 18.7 Å². The lowest BCUT2D eigenvalue weighted by atomic mass is 10.0. The van der Waals surface area contributed by atoms with Crippen molar-refractivity contribution in [3.05, 3.63) is 24.8 Å². The normalized spacial score (nSPS) is 47.7. The van der Waals surface area contributed by atoms with E-state index in [0.717, 1.165) is 0 Å². The molecule has 0 unspecified atom stereocenters. The third-order valence-electron chi connectivity index (χ3n) is 1.99. The summed E-state index contributed by atoms with van der Waals surface area (Å²) in [5.41, 5.74) is -1.13. The van der Waals surface area contributed by atoms with E-state index in [-0.39, 0.29) is 6.10 Å². The van der Waals surface area contributed by atoms with Crippen LogP contribution in [-0.2, 0) is 9.47 Å². The van der Waals surface area contributed by atoms with Crippen molar-refractivity contribution in [3.8, 4) is 0 Å². The summed E-state index contributed by atoms with van der Waals surface area (Å²) in [5.74, 6) is 0. The fourth-order valence-corrected chi connectivity index (χ4v) is 1.27. The Morgan fingerprint density at radius 3 is 3.27 bits per heavy atom. The molecule has 2 bridgehead atoms. The molecule has 60 valence electrons. The van der Waals surface area contributed by atoms with Gasteiger partial charge in [0.25, 0.3) is 0 Å². The van der Waals surface area contributed by atoms with Crippen molar-refractivity contribution >= 4 is 0 Å². The van der Waals surface area contributed by atoms with Crippen LogP contribution >= 0.6 is 0 Å². The van der Waals surface area contributed by atoms with Crippen LogP contribution in [-0.4, -0.2) is 29.7 Å². The number of hydrogen-bond donors (Lipinski definition) is 1. The Morgan fingerprint density at radius 1 is 1.73 bits per heavy atom. The van der Waals surface area contributed by atoms with Crippen LogP contribution < -0.4 is 0 Å². The molecule has 11 heavy (non-hydrogen) atoms. The van der Waals surface area contributed by atoms with Gasteiger partial charge in [-0.25, -0.2) is 0 Å². The van der Waals surface area contributed by atoms with Gasteiger partial charge >= 0.3 is 0 Å². The molecule has 1 fully saturated rings. The molecular formula is C8H10O3. The van der Waals surface area contributed by atoms with Crippen LogP contribution in [0.1, 0.15) is 0 Å². The summed E-state index contributed by atoms with van der Waals surface area (Å²) in [5, 5.41) is 9.71. The average molecular weight is 154 g/mol. The van der Waals surface area contributed by atoms with Gasteiger partial charge in [-0.05, 0) is 6.08 Å². The fraction of sp³-hybridized carbons (Fsp3) is 0.500. The van der Waals surface area contributed by atoms with E-state index in [1.807, 2.05) is 0 Å². The maximum atomic E-state index is 9.71. The topological polar surface area (TPSA) is 38.7 Å². The molecule has 3 nitrogen and oxygen atoms in total. The molecule has 2 aliphatic heterocycles. The van der Waals surface area contributed by atoms with Crippen molar-refractivity contribution < 1.29 is 14.6 Å². The van der Waals surface area contributed by atoms with E-state index >= 15 is 0 Å². The fourth-order valence-electron chi connectivity index (χ4n) is 1.27. The number of aliphatic hydroxyl groups is 1. The lowest BCUT2D eigenvalue weighted by Crippen LogP contribution is -2.41. The molecule has 0 aliphatic carbocycles. The minimum Gasteiger partial charge on any atom is -0.376 e. The lowest BCUT2D eigenvalue weighted by molar-refractivity contribution is -0.148. The molecule has 1 saturated heterocycles. The second-order valence-corrected chi connectivity index (χ2v) is 2.79. The van der Waals surface area contributed by atoms with Gasteiger partial charge in [0.15, 0.2) is 11.9 Å². The highest BCUT2D eigenvalue weighted by Gasteiger charge is 2.42. The zero-order valence-electron chi connectivity index (χ0n) is 6.06. The Balaban J connectivity index is 2.30. The quantitative estimate of drug-likeness (QED) is 0.549. The molecule has 0 aromatic rings. The average Bonchev–Trinajstić information content (AvgIpc) is 2.44. The molecule has 0 spiro atoms. The van der Waals surface area contributed by atoms with Crippen LogP contribution in [0.15, 0.2) is 24.8 Å². The molecule has 3 atom stereocenters. The van der Waals surface area contributed by atoms with Crippen LogP contribution in [0.25, 0.3) is 0 Å². The molecule has 0 saturated carbocycles. The summed E-state index contributed by atoms with van der Waals surface area (Å²) < 4.78 is 10.5. The van der Waals surface area contributed by atoms with E-state index in [1.165, 1.54) is 6.08 Å². The Labute approximate surface area is 64.9 Å². The van der Waals surface area contributed by atoms with Crippen LogP contribution in [0, 0.1) is 0 Å². The molecule has 0 radical (unpaired) electrons. The molecule has 1 N–H and O–H groups in total. The van der Waals surface area contributed by atoms with E-state index in [4.69, 9.17) is 9.47 Å². The molecule has 2 heterocycles. The molecular weight excluding hydrogens is 144 g/mol. The monoisotopic (exact) mass is 154 g/mol. The van der Waals surface area contributed by atoms with Crippen LogP contribution in [0.4, 0.5) is 0 Å². The van der Waals surface area contributed by atoms with E-state index in [1.54, 1.807) is 12.2 Å². The van der Waals surface area contributed by atoms with E-state index in [9.17, 15) is 5.11 Å². The van der Waals surface area contributed by atoms with Gasteiger partial charge < -0.3 is 14.6 Å². The molecule has 0 aromatic carbocycles. The first-order valence-electron chi connectivity index (χ1n) is 3.57. The Bertz CT molecular complexity index is 211. The predicted molar refractivity (Wildman–Crippen MR) is 38.9 cm³/mol. The van der Waals surface area contributed by atoms with Crippen molar-refractivity contribution in [1.82, 2.24) is 0 Å². The van der Waals surface area contributed by atoms with Gasteiger partial charge in [-0.15, -0.1) is 0 Å². The number of rotatable bonds is 1. The lowest BCUT2D eigenvalue weighted by Gasteiger charge is -2.28. The standard InChI is InChI=1S/C8H10O3/c1-2-8(9)4-3-6-5-10-7(8)11-6/h2-4,6-7,9H,1,5H2/t6-,7+,8-/m0/s1. The van der Waals surface area contributed by atoms with Gasteiger partial charge in [0.2, 0.25) is 0 Å². The van der Waals surface area contributed by atoms with Crippen molar-refractivity contribution in [3.63, 3.8) is 0 Å². The highest BCUT2D eigenvalue weighted by atomic mass is 16.7. The van der Waals surface area contributed by atoms with Crippen molar-refractivity contribution in [1.29, 1.82) is 0 Å². The van der Waals surface area contributed by atoms with Crippen molar-refractivity contribution in [2.75, 3.05) is 6.61 Å². The third kappa shape index (κ3) is 0.929. The summed E-state index contributed by atoms with van der Waals surface area (Å²) in [7, 11) is 0. The zero-order valence-corrected chi connectivity index (χ0v) is 6.06. The summed E-state index contributed by atoms with van der Waals surface area (Å²) in [6, 6.07) is 0. The van der Waals surface area contributed by atoms with E-state index in [2.05, 4.69) is 6.58 Å². The van der Waals surface area contributed by atoms with Gasteiger partial charge in [0.05, 0.1) is 6.61 Å². The summed E-state index contributed by atoms with van der Waals surface area (Å²) >= 11 is 0. The summed E-state index contributed by atoms with van der Waals surface area (Å²) in [6.07, 6.45) is 4.35. The first kappa shape index (κ1) is 7.03. The summed E-state index contributed by atoms with van der Waals surface area (Å²) in [6.45, 7) is 4.04. The second kappa shape index (κ2) is 2.17. The Morgan fingerprint density at radius 2 is 2.55 bits per heavy atom. The van der Waals surface area contributed by atoms with E-state index in [0.29, 0.717) is 6.61 Å². The van der Waals surface area contributed by atoms with Crippen molar-refractivity contribution in [2.24, 2.45) is 0 Å². The largest absolute Gasteiger partial charge is 0.376 e. The minimum absolute atomic E-state index is 0.0141. The predicted octanol–water partition coefficient (Wildman–Crippen LogP) is 0.215. The minimum atomic E-state index is -1.13. The van der Waals surface area contributed by atoms with Crippen molar-refractivity contribution in [2.45, 2.75) is 18.0 Å². The van der Waals surface area contributed by atoms with Gasteiger partial charge in [-0.2, -0.15) is 0 Å². The zero-order chi connectivity index (χ0) is 7.90.